The molecule has 0 unspecified atom stereocenters. The lowest BCUT2D eigenvalue weighted by Gasteiger charge is -2.36. The van der Waals surface area contributed by atoms with E-state index in [1.165, 1.54) is 0 Å². The number of anilines is 1. The summed E-state index contributed by atoms with van der Waals surface area (Å²) in [5.74, 6) is 1.21. The molecule has 0 bridgehead atoms. The summed E-state index contributed by atoms with van der Waals surface area (Å²) in [5, 5.41) is 11.6. The third-order valence-corrected chi connectivity index (χ3v) is 6.13. The molecular formula is C25H31N5O2. The summed E-state index contributed by atoms with van der Waals surface area (Å²) >= 11 is 0. The van der Waals surface area contributed by atoms with Gasteiger partial charge in [-0.15, -0.1) is 10.2 Å². The number of hydrogen-bond donors (Lipinski definition) is 1. The smallest absolute Gasteiger partial charge is 0.247 e. The first-order valence-corrected chi connectivity index (χ1v) is 11.1. The molecule has 1 aromatic heterocycles. The van der Waals surface area contributed by atoms with E-state index in [-0.39, 0.29) is 11.9 Å². The van der Waals surface area contributed by atoms with Gasteiger partial charge in [0, 0.05) is 37.4 Å². The Morgan fingerprint density at radius 1 is 1.03 bits per heavy atom. The van der Waals surface area contributed by atoms with Crippen molar-refractivity contribution in [2.75, 3.05) is 38.0 Å². The number of carbonyl (C=O) groups is 1. The molecule has 1 N–H and O–H groups in total. The summed E-state index contributed by atoms with van der Waals surface area (Å²) in [7, 11) is 0. The van der Waals surface area contributed by atoms with Crippen LogP contribution in [-0.4, -0.2) is 58.6 Å². The molecule has 2 heterocycles. The van der Waals surface area contributed by atoms with E-state index in [9.17, 15) is 4.79 Å². The van der Waals surface area contributed by atoms with Crippen molar-refractivity contribution in [2.24, 2.45) is 0 Å². The van der Waals surface area contributed by atoms with Crippen molar-refractivity contribution >= 4 is 11.6 Å². The Labute approximate surface area is 189 Å². The molecule has 4 rings (SSSR count). The van der Waals surface area contributed by atoms with Crippen molar-refractivity contribution in [1.82, 2.24) is 20.0 Å². The molecule has 0 radical (unpaired) electrons. The predicted molar refractivity (Wildman–Crippen MR) is 125 cm³/mol. The first-order valence-electron chi connectivity index (χ1n) is 11.1. The van der Waals surface area contributed by atoms with Crippen LogP contribution in [0.5, 0.6) is 0 Å². The molecule has 0 saturated carbocycles. The van der Waals surface area contributed by atoms with Gasteiger partial charge < -0.3 is 9.73 Å². The van der Waals surface area contributed by atoms with Crippen LogP contribution in [0, 0.1) is 20.8 Å². The van der Waals surface area contributed by atoms with Crippen molar-refractivity contribution in [3.63, 3.8) is 0 Å². The van der Waals surface area contributed by atoms with Crippen LogP contribution < -0.4 is 5.32 Å². The number of nitrogens with zero attached hydrogens (tertiary/aromatic N) is 4. The minimum Gasteiger partial charge on any atom is -0.419 e. The van der Waals surface area contributed by atoms with Gasteiger partial charge in [0.25, 0.3) is 0 Å². The number of para-hydroxylation sites is 1. The molecule has 0 spiro atoms. The molecule has 168 valence electrons. The van der Waals surface area contributed by atoms with Crippen LogP contribution in [0.2, 0.25) is 0 Å². The molecule has 1 atom stereocenters. The van der Waals surface area contributed by atoms with Crippen LogP contribution >= 0.6 is 0 Å². The molecule has 1 aliphatic rings. The first kappa shape index (κ1) is 22.2. The largest absolute Gasteiger partial charge is 0.419 e. The van der Waals surface area contributed by atoms with E-state index in [1.807, 2.05) is 63.2 Å². The number of piperazine rings is 1. The van der Waals surface area contributed by atoms with Crippen molar-refractivity contribution in [1.29, 1.82) is 0 Å². The van der Waals surface area contributed by atoms with Crippen LogP contribution in [0.25, 0.3) is 11.5 Å². The van der Waals surface area contributed by atoms with Crippen molar-refractivity contribution in [2.45, 2.75) is 33.7 Å². The van der Waals surface area contributed by atoms with E-state index < -0.39 is 0 Å². The van der Waals surface area contributed by atoms with E-state index in [4.69, 9.17) is 4.42 Å². The maximum Gasteiger partial charge on any atom is 0.247 e. The maximum absolute atomic E-state index is 12.6. The van der Waals surface area contributed by atoms with Crippen molar-refractivity contribution < 1.29 is 9.21 Å². The van der Waals surface area contributed by atoms with E-state index in [1.54, 1.807) is 0 Å². The van der Waals surface area contributed by atoms with E-state index >= 15 is 0 Å². The van der Waals surface area contributed by atoms with E-state index in [0.717, 1.165) is 54.1 Å². The van der Waals surface area contributed by atoms with Gasteiger partial charge in [0.15, 0.2) is 0 Å². The number of aryl methyl sites for hydroxylation is 3. The second-order valence-corrected chi connectivity index (χ2v) is 8.62. The number of amides is 1. The maximum atomic E-state index is 12.6. The molecule has 3 aromatic rings. The minimum atomic E-state index is 0.0311. The zero-order valence-corrected chi connectivity index (χ0v) is 19.3. The SMILES string of the molecule is Cc1cccc(-c2nnc([C@@H](C)N3CCN(CC(=O)Nc4c(C)cccc4C)CC3)o2)c1. The highest BCUT2D eigenvalue weighted by Gasteiger charge is 2.26. The van der Waals surface area contributed by atoms with Gasteiger partial charge in [-0.2, -0.15) is 0 Å². The molecule has 0 aliphatic carbocycles. The Bertz CT molecular complexity index is 1070. The molecule has 2 aromatic carbocycles. The Morgan fingerprint density at radius 3 is 2.41 bits per heavy atom. The molecular weight excluding hydrogens is 402 g/mol. The summed E-state index contributed by atoms with van der Waals surface area (Å²) in [6.07, 6.45) is 0. The van der Waals surface area contributed by atoms with Gasteiger partial charge in [-0.05, 0) is 51.0 Å². The molecule has 32 heavy (non-hydrogen) atoms. The summed E-state index contributed by atoms with van der Waals surface area (Å²) in [5.41, 5.74) is 5.19. The number of nitrogens with one attached hydrogen (secondary N) is 1. The average Bonchev–Trinajstić information content (AvgIpc) is 3.27. The molecule has 7 nitrogen and oxygen atoms in total. The summed E-state index contributed by atoms with van der Waals surface area (Å²) in [6.45, 7) is 11.9. The van der Waals surface area contributed by atoms with E-state index in [0.29, 0.717) is 18.3 Å². The van der Waals surface area contributed by atoms with Gasteiger partial charge in [0.1, 0.15) is 0 Å². The van der Waals surface area contributed by atoms with Gasteiger partial charge in [-0.25, -0.2) is 0 Å². The molecule has 7 heteroatoms. The first-order chi connectivity index (χ1) is 15.4. The molecule has 1 fully saturated rings. The highest BCUT2D eigenvalue weighted by molar-refractivity contribution is 5.93. The predicted octanol–water partition coefficient (Wildman–Crippen LogP) is 3.98. The van der Waals surface area contributed by atoms with E-state index in [2.05, 4.69) is 32.2 Å². The van der Waals surface area contributed by atoms with Crippen molar-refractivity contribution in [3.05, 3.63) is 65.0 Å². The van der Waals surface area contributed by atoms with Gasteiger partial charge in [0.2, 0.25) is 17.7 Å². The normalized spacial score (nSPS) is 16.1. The van der Waals surface area contributed by atoms with Crippen LogP contribution in [0.4, 0.5) is 5.69 Å². The number of aromatic nitrogens is 2. The van der Waals surface area contributed by atoms with Gasteiger partial charge in [0.05, 0.1) is 12.6 Å². The lowest BCUT2D eigenvalue weighted by Crippen LogP contribution is -2.49. The van der Waals surface area contributed by atoms with Gasteiger partial charge in [-0.3, -0.25) is 14.6 Å². The number of carbonyl (C=O) groups excluding carboxylic acids is 1. The average molecular weight is 434 g/mol. The third kappa shape index (κ3) is 5.06. The quantitative estimate of drug-likeness (QED) is 0.634. The summed E-state index contributed by atoms with van der Waals surface area (Å²) in [4.78, 5) is 17.1. The van der Waals surface area contributed by atoms with Crippen LogP contribution in [-0.2, 0) is 4.79 Å². The molecule has 1 saturated heterocycles. The van der Waals surface area contributed by atoms with Gasteiger partial charge in [-0.1, -0.05) is 35.9 Å². The molecule has 1 amide bonds. The second kappa shape index (κ2) is 9.63. The topological polar surface area (TPSA) is 74.5 Å². The lowest BCUT2D eigenvalue weighted by molar-refractivity contribution is -0.117. The Hall–Kier alpha value is -3.03. The summed E-state index contributed by atoms with van der Waals surface area (Å²) in [6, 6.07) is 14.1. The van der Waals surface area contributed by atoms with Gasteiger partial charge >= 0.3 is 0 Å². The number of hydrogen-bond acceptors (Lipinski definition) is 6. The fourth-order valence-electron chi connectivity index (χ4n) is 4.16. The highest BCUT2D eigenvalue weighted by Crippen LogP contribution is 2.25. The zero-order valence-electron chi connectivity index (χ0n) is 19.3. The summed E-state index contributed by atoms with van der Waals surface area (Å²) < 4.78 is 5.98. The second-order valence-electron chi connectivity index (χ2n) is 8.62. The minimum absolute atomic E-state index is 0.0311. The fraction of sp³-hybridized carbons (Fsp3) is 0.400. The standard InChI is InChI=1S/C25H31N5O2/c1-17-7-5-10-21(15-17)25-28-27-24(32-25)20(4)30-13-11-29(12-14-30)16-22(31)26-23-18(2)8-6-9-19(23)3/h5-10,15,20H,11-14,16H2,1-4H3,(H,26,31)/t20-/m1/s1. The fourth-order valence-corrected chi connectivity index (χ4v) is 4.16. The van der Waals surface area contributed by atoms with Crippen LogP contribution in [0.3, 0.4) is 0 Å². The zero-order chi connectivity index (χ0) is 22.7. The van der Waals surface area contributed by atoms with Crippen LogP contribution in [0.15, 0.2) is 46.9 Å². The van der Waals surface area contributed by atoms with Crippen LogP contribution in [0.1, 0.15) is 35.5 Å². The molecule has 1 aliphatic heterocycles. The Kier molecular flexibility index (Phi) is 6.67. The Balaban J connectivity index is 1.30. The van der Waals surface area contributed by atoms with Crippen molar-refractivity contribution in [3.8, 4) is 11.5 Å². The third-order valence-electron chi connectivity index (χ3n) is 6.13. The highest BCUT2D eigenvalue weighted by atomic mass is 16.4. The Morgan fingerprint density at radius 2 is 1.72 bits per heavy atom. The number of benzene rings is 2. The lowest BCUT2D eigenvalue weighted by atomic mass is 10.1. The number of rotatable bonds is 6. The monoisotopic (exact) mass is 433 g/mol.